The van der Waals surface area contributed by atoms with Crippen molar-refractivity contribution in [2.24, 2.45) is 5.73 Å². The number of aromatic hydroxyl groups is 1. The smallest absolute Gasteiger partial charge is 0.303 e. The first kappa shape index (κ1) is 19.2. The number of carbonyl (C=O) groups excluding carboxylic acids is 1. The van der Waals surface area contributed by atoms with Crippen LogP contribution in [0.3, 0.4) is 0 Å². The molecule has 1 aromatic heterocycles. The van der Waals surface area contributed by atoms with Gasteiger partial charge in [0.05, 0.1) is 12.1 Å². The summed E-state index contributed by atoms with van der Waals surface area (Å²) in [5, 5.41) is 18.9. The van der Waals surface area contributed by atoms with Gasteiger partial charge in [0.2, 0.25) is 5.91 Å². The first-order valence-electron chi connectivity index (χ1n) is 8.91. The molecule has 2 aromatic carbocycles. The molecule has 6 nitrogen and oxygen atoms in total. The third kappa shape index (κ3) is 3.76. The number of nitrogens with two attached hydrogens (primary N) is 1. The second-order valence-electron chi connectivity index (χ2n) is 6.81. The van der Waals surface area contributed by atoms with E-state index in [0.717, 1.165) is 33.8 Å². The van der Waals surface area contributed by atoms with Gasteiger partial charge in [-0.05, 0) is 85.5 Å². The topological polar surface area (TPSA) is 106 Å². The fraction of sp³-hybridized carbons (Fsp3) is 0.182. The molecule has 1 amide bonds. The van der Waals surface area contributed by atoms with Crippen LogP contribution in [0.25, 0.3) is 16.9 Å². The summed E-state index contributed by atoms with van der Waals surface area (Å²) in [5.41, 5.74) is 10.9. The molecule has 0 saturated heterocycles. The molecule has 0 spiro atoms. The highest BCUT2D eigenvalue weighted by Gasteiger charge is 2.16. The van der Waals surface area contributed by atoms with Gasteiger partial charge in [0.15, 0.2) is 0 Å². The molecule has 1 heterocycles. The standard InChI is InChI=1S/C22H22N2O4/c1-13-11-16(22(23)28)3-7-18(13)24-17(6-10-21(26)27)5-8-19(24)15-4-9-20(25)14(2)12-15/h3-5,7-9,11-12,25H,6,10H2,1-2H3,(H2,23,28)(H,26,27). The maximum Gasteiger partial charge on any atom is 0.303 e. The molecule has 28 heavy (non-hydrogen) atoms. The molecule has 144 valence electrons. The minimum absolute atomic E-state index is 0.0104. The normalized spacial score (nSPS) is 10.8. The zero-order valence-corrected chi connectivity index (χ0v) is 15.8. The van der Waals surface area contributed by atoms with Gasteiger partial charge in [-0.2, -0.15) is 0 Å². The van der Waals surface area contributed by atoms with Crippen molar-refractivity contribution in [1.29, 1.82) is 0 Å². The maximum atomic E-state index is 11.5. The van der Waals surface area contributed by atoms with Gasteiger partial charge in [-0.25, -0.2) is 0 Å². The van der Waals surface area contributed by atoms with E-state index >= 15 is 0 Å². The molecule has 0 aliphatic carbocycles. The second kappa shape index (κ2) is 7.60. The molecule has 3 rings (SSSR count). The number of carbonyl (C=O) groups is 2. The SMILES string of the molecule is Cc1cc(-c2ccc(CCC(=O)O)n2-c2ccc(C(N)=O)cc2C)ccc1O. The minimum atomic E-state index is -0.865. The average molecular weight is 378 g/mol. The van der Waals surface area contributed by atoms with Gasteiger partial charge in [0, 0.05) is 16.9 Å². The minimum Gasteiger partial charge on any atom is -0.508 e. The van der Waals surface area contributed by atoms with Crippen LogP contribution in [0.1, 0.15) is 33.6 Å². The molecule has 0 radical (unpaired) electrons. The number of primary amides is 1. The number of rotatable bonds is 6. The number of hydrogen-bond donors (Lipinski definition) is 3. The van der Waals surface area contributed by atoms with Crippen molar-refractivity contribution in [3.05, 3.63) is 70.9 Å². The lowest BCUT2D eigenvalue weighted by Gasteiger charge is -2.17. The third-order valence-corrected chi connectivity index (χ3v) is 4.77. The van der Waals surface area contributed by atoms with Crippen LogP contribution in [0.5, 0.6) is 5.75 Å². The first-order valence-corrected chi connectivity index (χ1v) is 8.91. The number of aliphatic carboxylic acids is 1. The van der Waals surface area contributed by atoms with Crippen molar-refractivity contribution < 1.29 is 19.8 Å². The van der Waals surface area contributed by atoms with Crippen molar-refractivity contribution in [2.45, 2.75) is 26.7 Å². The molecule has 0 aliphatic rings. The van der Waals surface area contributed by atoms with Gasteiger partial charge in [-0.15, -0.1) is 0 Å². The van der Waals surface area contributed by atoms with Crippen LogP contribution in [0, 0.1) is 13.8 Å². The van der Waals surface area contributed by atoms with Crippen LogP contribution < -0.4 is 5.73 Å². The largest absolute Gasteiger partial charge is 0.508 e. The highest BCUT2D eigenvalue weighted by Crippen LogP contribution is 2.31. The highest BCUT2D eigenvalue weighted by molar-refractivity contribution is 5.93. The Morgan fingerprint density at radius 1 is 1.00 bits per heavy atom. The van der Waals surface area contributed by atoms with Crippen molar-refractivity contribution in [1.82, 2.24) is 4.57 Å². The van der Waals surface area contributed by atoms with Crippen LogP contribution in [0.2, 0.25) is 0 Å². The quantitative estimate of drug-likeness (QED) is 0.609. The fourth-order valence-electron chi connectivity index (χ4n) is 3.29. The molecule has 0 fully saturated rings. The van der Waals surface area contributed by atoms with Crippen LogP contribution in [0.4, 0.5) is 0 Å². The summed E-state index contributed by atoms with van der Waals surface area (Å²) in [6.07, 6.45) is 0.375. The predicted octanol–water partition coefficient (Wildman–Crippen LogP) is 3.58. The highest BCUT2D eigenvalue weighted by atomic mass is 16.4. The van der Waals surface area contributed by atoms with Gasteiger partial charge >= 0.3 is 5.97 Å². The molecule has 0 bridgehead atoms. The Morgan fingerprint density at radius 2 is 1.75 bits per heavy atom. The third-order valence-electron chi connectivity index (χ3n) is 4.77. The van der Waals surface area contributed by atoms with Crippen molar-refractivity contribution in [2.75, 3.05) is 0 Å². The number of hydrogen-bond acceptors (Lipinski definition) is 3. The van der Waals surface area contributed by atoms with Gasteiger partial charge in [-0.3, -0.25) is 9.59 Å². The zero-order chi connectivity index (χ0) is 20.4. The number of amides is 1. The number of carboxylic acids is 1. The average Bonchev–Trinajstić information content (AvgIpc) is 3.05. The van der Waals surface area contributed by atoms with Crippen LogP contribution >= 0.6 is 0 Å². The molecule has 4 N–H and O–H groups in total. The van der Waals surface area contributed by atoms with Gasteiger partial charge in [0.1, 0.15) is 5.75 Å². The Labute approximate surface area is 162 Å². The van der Waals surface area contributed by atoms with E-state index in [2.05, 4.69) is 0 Å². The Morgan fingerprint density at radius 3 is 2.36 bits per heavy atom. The summed E-state index contributed by atoms with van der Waals surface area (Å²) in [6, 6.07) is 14.4. The Bertz CT molecular complexity index is 1070. The fourth-order valence-corrected chi connectivity index (χ4v) is 3.29. The van der Waals surface area contributed by atoms with Crippen LogP contribution in [-0.2, 0) is 11.2 Å². The zero-order valence-electron chi connectivity index (χ0n) is 15.8. The van der Waals surface area contributed by atoms with Gasteiger partial charge in [0.25, 0.3) is 0 Å². The van der Waals surface area contributed by atoms with Crippen molar-refractivity contribution in [3.63, 3.8) is 0 Å². The van der Waals surface area contributed by atoms with E-state index in [4.69, 9.17) is 10.8 Å². The van der Waals surface area contributed by atoms with E-state index in [1.165, 1.54) is 0 Å². The summed E-state index contributed by atoms with van der Waals surface area (Å²) >= 11 is 0. The number of benzene rings is 2. The van der Waals surface area contributed by atoms with E-state index in [0.29, 0.717) is 12.0 Å². The van der Waals surface area contributed by atoms with E-state index < -0.39 is 11.9 Å². The van der Waals surface area contributed by atoms with Gasteiger partial charge < -0.3 is 20.5 Å². The lowest BCUT2D eigenvalue weighted by atomic mass is 10.1. The second-order valence-corrected chi connectivity index (χ2v) is 6.81. The number of phenolic OH excluding ortho intramolecular Hbond substituents is 1. The summed E-state index contributed by atoms with van der Waals surface area (Å²) in [4.78, 5) is 22.6. The molecule has 0 saturated carbocycles. The molecular weight excluding hydrogens is 356 g/mol. The first-order chi connectivity index (χ1) is 13.3. The molecule has 0 aliphatic heterocycles. The van der Waals surface area contributed by atoms with E-state index in [1.54, 1.807) is 18.2 Å². The number of nitrogens with zero attached hydrogens (tertiary/aromatic N) is 1. The Kier molecular flexibility index (Phi) is 5.22. The van der Waals surface area contributed by atoms with Gasteiger partial charge in [-0.1, -0.05) is 0 Å². The predicted molar refractivity (Wildman–Crippen MR) is 107 cm³/mol. The van der Waals surface area contributed by atoms with E-state index in [9.17, 15) is 14.7 Å². The lowest BCUT2D eigenvalue weighted by Crippen LogP contribution is -2.12. The van der Waals surface area contributed by atoms with Crippen LogP contribution in [0.15, 0.2) is 48.5 Å². The van der Waals surface area contributed by atoms with Crippen LogP contribution in [-0.4, -0.2) is 26.7 Å². The molecular formula is C22H22N2O4. The molecule has 3 aromatic rings. The lowest BCUT2D eigenvalue weighted by molar-refractivity contribution is -0.136. The summed E-state index contributed by atoms with van der Waals surface area (Å²) in [6.45, 7) is 3.71. The Balaban J connectivity index is 2.18. The van der Waals surface area contributed by atoms with Crippen molar-refractivity contribution in [3.8, 4) is 22.7 Å². The number of carboxylic acid groups (broad SMARTS) is 1. The monoisotopic (exact) mass is 378 g/mol. The molecule has 6 heteroatoms. The number of aryl methyl sites for hydroxylation is 3. The van der Waals surface area contributed by atoms with Crippen molar-refractivity contribution >= 4 is 11.9 Å². The maximum absolute atomic E-state index is 11.5. The van der Waals surface area contributed by atoms with E-state index in [-0.39, 0.29) is 12.2 Å². The molecule has 0 atom stereocenters. The Hall–Kier alpha value is -3.54. The van der Waals surface area contributed by atoms with E-state index in [1.807, 2.05) is 48.7 Å². The summed E-state index contributed by atoms with van der Waals surface area (Å²) in [7, 11) is 0. The summed E-state index contributed by atoms with van der Waals surface area (Å²) < 4.78 is 1.99. The number of phenols is 1. The summed E-state index contributed by atoms with van der Waals surface area (Å²) in [5.74, 6) is -1.15. The number of aromatic nitrogens is 1. The molecule has 0 unspecified atom stereocenters.